The Kier molecular flexibility index (Phi) is 14.0. The third kappa shape index (κ3) is 10.2. The molecule has 1 heterocycles. The first-order valence-electron chi connectivity index (χ1n) is 12.6. The predicted molar refractivity (Wildman–Crippen MR) is 141 cm³/mol. The fourth-order valence-corrected chi connectivity index (χ4v) is 3.94. The number of aryl methyl sites for hydroxylation is 1. The van der Waals surface area contributed by atoms with Gasteiger partial charge in [-0.1, -0.05) is 18.2 Å². The fraction of sp³-hybridized carbons (Fsp3) is 0.400. The molecule has 3 rings (SSSR count). The molecule has 0 bridgehead atoms. The quantitative estimate of drug-likeness (QED) is 0.192. The van der Waals surface area contributed by atoms with Crippen LogP contribution < -0.4 is 48.9 Å². The first-order chi connectivity index (χ1) is 18.0. The number of aliphatic hydroxyl groups excluding tert-OH is 1. The molecule has 0 aliphatic carbocycles. The van der Waals surface area contributed by atoms with Crippen LogP contribution in [-0.2, 0) is 11.2 Å². The number of rotatable bonds is 14. The van der Waals surface area contributed by atoms with E-state index in [1.165, 1.54) is 5.56 Å². The molecule has 0 saturated carbocycles. The number of unbranched alkanes of at least 4 members (excludes halogenated alkanes) is 3. The molecule has 0 radical (unpaired) electrons. The zero-order valence-electron chi connectivity index (χ0n) is 22.5. The van der Waals surface area contributed by atoms with E-state index in [-0.39, 0.29) is 42.4 Å². The van der Waals surface area contributed by atoms with Crippen molar-refractivity contribution < 1.29 is 58.8 Å². The third-order valence-electron chi connectivity index (χ3n) is 5.94. The van der Waals surface area contributed by atoms with Crippen LogP contribution in [0.5, 0.6) is 17.4 Å². The second-order valence-electron chi connectivity index (χ2n) is 8.75. The van der Waals surface area contributed by atoms with Crippen LogP contribution in [0.1, 0.15) is 62.2 Å². The van der Waals surface area contributed by atoms with Crippen LogP contribution in [0.25, 0.3) is 10.9 Å². The van der Waals surface area contributed by atoms with E-state index in [1.807, 2.05) is 48.5 Å². The minimum absolute atomic E-state index is 0. The van der Waals surface area contributed by atoms with Crippen LogP contribution in [0.4, 0.5) is 0 Å². The number of carbonyl (C=O) groups excluding carboxylic acids is 1. The summed E-state index contributed by atoms with van der Waals surface area (Å²) < 4.78 is 16.7. The molecule has 3 aromatic rings. The van der Waals surface area contributed by atoms with Crippen LogP contribution in [0, 0.1) is 11.8 Å². The van der Waals surface area contributed by atoms with E-state index in [2.05, 4.69) is 16.8 Å². The van der Waals surface area contributed by atoms with Crippen molar-refractivity contribution in [3.8, 4) is 29.2 Å². The number of carboxylic acids is 1. The maximum absolute atomic E-state index is 10.8. The summed E-state index contributed by atoms with van der Waals surface area (Å²) in [7, 11) is 3.30. The number of aromatic nitrogens is 1. The molecule has 8 heteroatoms. The van der Waals surface area contributed by atoms with E-state index in [9.17, 15) is 15.0 Å². The summed E-state index contributed by atoms with van der Waals surface area (Å²) in [6.45, 7) is 0.487. The summed E-state index contributed by atoms with van der Waals surface area (Å²) in [5.41, 5.74) is 2.57. The Morgan fingerprint density at radius 1 is 1.00 bits per heavy atom. The van der Waals surface area contributed by atoms with E-state index in [0.717, 1.165) is 48.1 Å². The number of fused-ring (bicyclic) bond motifs is 1. The van der Waals surface area contributed by atoms with Crippen LogP contribution >= 0.6 is 0 Å². The van der Waals surface area contributed by atoms with Gasteiger partial charge in [-0.15, -0.1) is 11.8 Å². The first-order valence-corrected chi connectivity index (χ1v) is 12.6. The maximum atomic E-state index is 10.8. The SMILES string of the molecule is COc1cc(CCCCCOc2nc3ccccc3cc2C(O)CC#CCCCC(=O)[O-])cc(OC)c1.[Na+]. The van der Waals surface area contributed by atoms with Gasteiger partial charge in [-0.2, -0.15) is 0 Å². The number of aliphatic carboxylic acids is 1. The Morgan fingerprint density at radius 3 is 2.45 bits per heavy atom. The number of hydrogen-bond donors (Lipinski definition) is 1. The van der Waals surface area contributed by atoms with E-state index < -0.39 is 12.1 Å². The second-order valence-corrected chi connectivity index (χ2v) is 8.75. The second kappa shape index (κ2) is 17.0. The third-order valence-corrected chi connectivity index (χ3v) is 5.94. The Bertz CT molecular complexity index is 1210. The Labute approximate surface area is 246 Å². The number of carbonyl (C=O) groups is 1. The minimum Gasteiger partial charge on any atom is -0.550 e. The molecule has 1 N–H and O–H groups in total. The number of para-hydroxylation sites is 1. The van der Waals surface area contributed by atoms with E-state index in [4.69, 9.17) is 14.2 Å². The Hall–Kier alpha value is -2.76. The summed E-state index contributed by atoms with van der Waals surface area (Å²) in [6.07, 6.45) is 3.95. The van der Waals surface area contributed by atoms with E-state index in [0.29, 0.717) is 30.9 Å². The largest absolute Gasteiger partial charge is 1.00 e. The Balaban J connectivity index is 0.00000507. The molecule has 0 amide bonds. The van der Waals surface area contributed by atoms with Crippen molar-refractivity contribution in [2.75, 3.05) is 20.8 Å². The Morgan fingerprint density at radius 2 is 1.74 bits per heavy atom. The van der Waals surface area contributed by atoms with Crippen LogP contribution in [0.3, 0.4) is 0 Å². The van der Waals surface area contributed by atoms with Gasteiger partial charge < -0.3 is 29.2 Å². The van der Waals surface area contributed by atoms with Gasteiger partial charge in [0.1, 0.15) is 11.5 Å². The van der Waals surface area contributed by atoms with Crippen molar-refractivity contribution in [3.63, 3.8) is 0 Å². The van der Waals surface area contributed by atoms with Gasteiger partial charge in [0.2, 0.25) is 5.88 Å². The number of ether oxygens (including phenoxy) is 3. The standard InChI is InChI=1S/C30H35NO6.Na/c1-35-24-18-22(19-25(21-24)36-2)12-6-5-11-17-37-30-26(20-23-13-9-10-14-27(23)31-30)28(32)15-7-3-4-8-16-29(33)34;/h9-10,13-14,18-21,28,32H,4-6,8,11-12,15-17H2,1-2H3,(H,33,34);/q;+1/p-1. The summed E-state index contributed by atoms with van der Waals surface area (Å²) in [5.74, 6) is 6.76. The number of pyridine rings is 1. The molecular formula is C30H34NNaO6. The van der Waals surface area contributed by atoms with Crippen molar-refractivity contribution in [1.82, 2.24) is 4.98 Å². The molecule has 7 nitrogen and oxygen atoms in total. The van der Waals surface area contributed by atoms with Crippen molar-refractivity contribution in [3.05, 3.63) is 59.7 Å². The number of hydrogen-bond acceptors (Lipinski definition) is 7. The summed E-state index contributed by atoms with van der Waals surface area (Å²) in [5, 5.41) is 22.2. The predicted octanol–water partition coefficient (Wildman–Crippen LogP) is 1.39. The molecule has 0 aliphatic heterocycles. The zero-order chi connectivity index (χ0) is 26.5. The van der Waals surface area contributed by atoms with Crippen molar-refractivity contribution >= 4 is 16.9 Å². The van der Waals surface area contributed by atoms with Crippen molar-refractivity contribution in [2.24, 2.45) is 0 Å². The molecule has 1 unspecified atom stereocenters. The maximum Gasteiger partial charge on any atom is 1.00 e. The topological polar surface area (TPSA) is 101 Å². The van der Waals surface area contributed by atoms with Crippen LogP contribution in [-0.4, -0.2) is 36.9 Å². The molecule has 1 atom stereocenters. The molecule has 2 aromatic carbocycles. The van der Waals surface area contributed by atoms with Gasteiger partial charge in [0.05, 0.1) is 32.4 Å². The number of carboxylic acid groups (broad SMARTS) is 1. The molecule has 0 spiro atoms. The summed E-state index contributed by atoms with van der Waals surface area (Å²) >= 11 is 0. The van der Waals surface area contributed by atoms with Gasteiger partial charge in [0, 0.05) is 35.8 Å². The summed E-state index contributed by atoms with van der Waals surface area (Å²) in [4.78, 5) is 15.1. The van der Waals surface area contributed by atoms with Gasteiger partial charge in [-0.05, 0) is 68.4 Å². The van der Waals surface area contributed by atoms with Crippen LogP contribution in [0.2, 0.25) is 0 Å². The molecule has 0 fully saturated rings. The molecule has 196 valence electrons. The fourth-order valence-electron chi connectivity index (χ4n) is 3.94. The van der Waals surface area contributed by atoms with E-state index in [1.54, 1.807) is 14.2 Å². The first kappa shape index (κ1) is 31.5. The molecule has 38 heavy (non-hydrogen) atoms. The molecule has 0 aliphatic rings. The number of nitrogens with zero attached hydrogens (tertiary/aromatic N) is 1. The smallest absolute Gasteiger partial charge is 0.550 e. The van der Waals surface area contributed by atoms with Crippen LogP contribution in [0.15, 0.2) is 48.5 Å². The zero-order valence-corrected chi connectivity index (χ0v) is 24.5. The summed E-state index contributed by atoms with van der Waals surface area (Å²) in [6, 6.07) is 15.5. The van der Waals surface area contributed by atoms with Crippen molar-refractivity contribution in [2.45, 2.75) is 57.5 Å². The van der Waals surface area contributed by atoms with Gasteiger partial charge in [0.15, 0.2) is 0 Å². The average molecular weight is 528 g/mol. The number of aliphatic hydroxyl groups is 1. The minimum atomic E-state index is -1.08. The molecule has 0 saturated heterocycles. The van der Waals surface area contributed by atoms with Crippen molar-refractivity contribution in [1.29, 1.82) is 0 Å². The van der Waals surface area contributed by atoms with Gasteiger partial charge >= 0.3 is 29.6 Å². The monoisotopic (exact) mass is 527 g/mol. The number of benzene rings is 2. The molecule has 1 aromatic heterocycles. The van der Waals surface area contributed by atoms with Gasteiger partial charge in [-0.25, -0.2) is 4.98 Å². The van der Waals surface area contributed by atoms with E-state index >= 15 is 0 Å². The average Bonchev–Trinajstić information content (AvgIpc) is 2.91. The molecular weight excluding hydrogens is 493 g/mol. The normalized spacial score (nSPS) is 11.1. The van der Waals surface area contributed by atoms with Gasteiger partial charge in [-0.3, -0.25) is 0 Å². The van der Waals surface area contributed by atoms with Gasteiger partial charge in [0.25, 0.3) is 0 Å². The number of methoxy groups -OCH3 is 2.